The van der Waals surface area contributed by atoms with E-state index < -0.39 is 0 Å². The van der Waals surface area contributed by atoms with E-state index in [1.165, 1.54) is 5.56 Å². The molecule has 0 saturated carbocycles. The molecule has 0 aliphatic carbocycles. The van der Waals surface area contributed by atoms with Crippen LogP contribution in [0.2, 0.25) is 0 Å². The van der Waals surface area contributed by atoms with Crippen LogP contribution >= 0.6 is 0 Å². The average molecular weight is 279 g/mol. The van der Waals surface area contributed by atoms with Crippen molar-refractivity contribution in [3.63, 3.8) is 0 Å². The first-order valence-electron chi connectivity index (χ1n) is 6.88. The Morgan fingerprint density at radius 3 is 2.81 bits per heavy atom. The molecule has 3 rings (SSSR count). The normalized spacial score (nSPS) is 10.5. The van der Waals surface area contributed by atoms with E-state index in [0.717, 1.165) is 23.8 Å². The summed E-state index contributed by atoms with van der Waals surface area (Å²) in [4.78, 5) is 8.45. The summed E-state index contributed by atoms with van der Waals surface area (Å²) in [5.41, 5.74) is 3.19. The molecule has 0 spiro atoms. The highest BCUT2D eigenvalue weighted by molar-refractivity contribution is 5.38. The Balaban J connectivity index is 1.60. The molecule has 1 N–H and O–H groups in total. The third-order valence-electron chi connectivity index (χ3n) is 3.13. The van der Waals surface area contributed by atoms with Crippen LogP contribution < -0.4 is 5.32 Å². The topological polar surface area (TPSA) is 55.6 Å². The van der Waals surface area contributed by atoms with Crippen LogP contribution in [0.3, 0.4) is 0 Å². The van der Waals surface area contributed by atoms with Crippen molar-refractivity contribution in [2.24, 2.45) is 0 Å². The van der Waals surface area contributed by atoms with Gasteiger partial charge in [0, 0.05) is 12.4 Å². The predicted molar refractivity (Wildman–Crippen MR) is 81.9 cm³/mol. The molecule has 0 bridgehead atoms. The lowest BCUT2D eigenvalue weighted by Crippen LogP contribution is -2.03. The SMILES string of the molecule is Cc1nccc(CNc2cnn(Cc3ccccc3)c2)n1. The molecule has 0 unspecified atom stereocenters. The fourth-order valence-corrected chi connectivity index (χ4v) is 2.11. The molecule has 1 aromatic carbocycles. The molecule has 2 aromatic heterocycles. The van der Waals surface area contributed by atoms with Crippen molar-refractivity contribution in [3.05, 3.63) is 72.1 Å². The Kier molecular flexibility index (Phi) is 3.91. The highest BCUT2D eigenvalue weighted by atomic mass is 15.3. The van der Waals surface area contributed by atoms with Crippen molar-refractivity contribution in [1.29, 1.82) is 0 Å². The summed E-state index contributed by atoms with van der Waals surface area (Å²) in [6.45, 7) is 3.33. The van der Waals surface area contributed by atoms with Gasteiger partial charge in [0.2, 0.25) is 0 Å². The number of benzene rings is 1. The van der Waals surface area contributed by atoms with E-state index in [1.807, 2.05) is 48.3 Å². The summed E-state index contributed by atoms with van der Waals surface area (Å²) in [6.07, 6.45) is 5.61. The standard InChI is InChI=1S/C16H17N5/c1-13-17-8-7-15(20-13)9-18-16-10-19-21(12-16)11-14-5-3-2-4-6-14/h2-8,10,12,18H,9,11H2,1H3. The molecular formula is C16H17N5. The maximum Gasteiger partial charge on any atom is 0.125 e. The zero-order valence-corrected chi connectivity index (χ0v) is 11.9. The summed E-state index contributed by atoms with van der Waals surface area (Å²) >= 11 is 0. The largest absolute Gasteiger partial charge is 0.377 e. The molecule has 21 heavy (non-hydrogen) atoms. The molecule has 3 aromatic rings. The molecule has 106 valence electrons. The number of rotatable bonds is 5. The van der Waals surface area contributed by atoms with Crippen LogP contribution in [0.25, 0.3) is 0 Å². The number of nitrogens with zero attached hydrogens (tertiary/aromatic N) is 4. The van der Waals surface area contributed by atoms with Crippen LogP contribution in [-0.2, 0) is 13.1 Å². The van der Waals surface area contributed by atoms with Gasteiger partial charge in [0.15, 0.2) is 0 Å². The van der Waals surface area contributed by atoms with Crippen LogP contribution in [-0.4, -0.2) is 19.7 Å². The monoisotopic (exact) mass is 279 g/mol. The Morgan fingerprint density at radius 2 is 2.00 bits per heavy atom. The first-order chi connectivity index (χ1) is 10.3. The van der Waals surface area contributed by atoms with E-state index >= 15 is 0 Å². The van der Waals surface area contributed by atoms with Gasteiger partial charge in [0.1, 0.15) is 5.82 Å². The van der Waals surface area contributed by atoms with Gasteiger partial charge in [-0.25, -0.2) is 9.97 Å². The van der Waals surface area contributed by atoms with Crippen molar-refractivity contribution in [3.8, 4) is 0 Å². The van der Waals surface area contributed by atoms with Gasteiger partial charge in [0.25, 0.3) is 0 Å². The number of aryl methyl sites for hydroxylation is 1. The second-order valence-electron chi connectivity index (χ2n) is 4.86. The minimum atomic E-state index is 0.667. The molecule has 2 heterocycles. The van der Waals surface area contributed by atoms with Crippen LogP contribution in [0.1, 0.15) is 17.1 Å². The Hall–Kier alpha value is -2.69. The highest BCUT2D eigenvalue weighted by Crippen LogP contribution is 2.09. The number of hydrogen-bond donors (Lipinski definition) is 1. The Labute approximate surface area is 123 Å². The van der Waals surface area contributed by atoms with E-state index in [-0.39, 0.29) is 0 Å². The summed E-state index contributed by atoms with van der Waals surface area (Å²) in [5.74, 6) is 0.786. The smallest absolute Gasteiger partial charge is 0.125 e. The summed E-state index contributed by atoms with van der Waals surface area (Å²) < 4.78 is 1.92. The molecule has 5 heteroatoms. The Bertz CT molecular complexity index is 705. The van der Waals surface area contributed by atoms with Crippen LogP contribution in [0.5, 0.6) is 0 Å². The van der Waals surface area contributed by atoms with Crippen molar-refractivity contribution < 1.29 is 0 Å². The molecule has 0 radical (unpaired) electrons. The zero-order valence-electron chi connectivity index (χ0n) is 11.9. The zero-order chi connectivity index (χ0) is 14.5. The van der Waals surface area contributed by atoms with Gasteiger partial charge in [-0.05, 0) is 18.6 Å². The molecule has 5 nitrogen and oxygen atoms in total. The van der Waals surface area contributed by atoms with Crippen LogP contribution in [0.15, 0.2) is 55.0 Å². The molecule has 0 atom stereocenters. The van der Waals surface area contributed by atoms with E-state index in [9.17, 15) is 0 Å². The van der Waals surface area contributed by atoms with E-state index in [1.54, 1.807) is 6.20 Å². The lowest BCUT2D eigenvalue weighted by atomic mass is 10.2. The molecule has 0 amide bonds. The van der Waals surface area contributed by atoms with Gasteiger partial charge >= 0.3 is 0 Å². The first kappa shape index (κ1) is 13.3. The van der Waals surface area contributed by atoms with Gasteiger partial charge < -0.3 is 5.32 Å². The molecular weight excluding hydrogens is 262 g/mol. The summed E-state index contributed by atoms with van der Waals surface area (Å²) in [7, 11) is 0. The van der Waals surface area contributed by atoms with Crippen molar-refractivity contribution in [2.75, 3.05) is 5.32 Å². The van der Waals surface area contributed by atoms with Crippen molar-refractivity contribution in [1.82, 2.24) is 19.7 Å². The van der Waals surface area contributed by atoms with Gasteiger partial charge in [0.05, 0.1) is 30.7 Å². The van der Waals surface area contributed by atoms with E-state index in [4.69, 9.17) is 0 Å². The van der Waals surface area contributed by atoms with Gasteiger partial charge in [-0.15, -0.1) is 0 Å². The van der Waals surface area contributed by atoms with Gasteiger partial charge in [-0.3, -0.25) is 4.68 Å². The average Bonchev–Trinajstić information content (AvgIpc) is 2.94. The second kappa shape index (κ2) is 6.17. The maximum atomic E-state index is 4.36. The lowest BCUT2D eigenvalue weighted by molar-refractivity contribution is 0.687. The predicted octanol–water partition coefficient (Wildman–Crippen LogP) is 2.64. The van der Waals surface area contributed by atoms with E-state index in [2.05, 4.69) is 32.5 Å². The molecule has 0 saturated heterocycles. The number of nitrogens with one attached hydrogen (secondary N) is 1. The minimum absolute atomic E-state index is 0.667. The minimum Gasteiger partial charge on any atom is -0.377 e. The quantitative estimate of drug-likeness (QED) is 0.780. The first-order valence-corrected chi connectivity index (χ1v) is 6.88. The molecule has 0 fully saturated rings. The van der Waals surface area contributed by atoms with Gasteiger partial charge in [-0.1, -0.05) is 30.3 Å². The third-order valence-corrected chi connectivity index (χ3v) is 3.13. The third kappa shape index (κ3) is 3.66. The lowest BCUT2D eigenvalue weighted by Gasteiger charge is -2.03. The number of aromatic nitrogens is 4. The van der Waals surface area contributed by atoms with Crippen LogP contribution in [0.4, 0.5) is 5.69 Å². The fraction of sp³-hybridized carbons (Fsp3) is 0.188. The maximum absolute atomic E-state index is 4.36. The Morgan fingerprint density at radius 1 is 1.14 bits per heavy atom. The fourth-order valence-electron chi connectivity index (χ4n) is 2.11. The highest BCUT2D eigenvalue weighted by Gasteiger charge is 2.01. The molecule has 0 aliphatic rings. The summed E-state index contributed by atoms with van der Waals surface area (Å²) in [5, 5.41) is 7.68. The van der Waals surface area contributed by atoms with Crippen LogP contribution in [0, 0.1) is 6.92 Å². The van der Waals surface area contributed by atoms with Gasteiger partial charge in [-0.2, -0.15) is 5.10 Å². The number of anilines is 1. The van der Waals surface area contributed by atoms with E-state index in [0.29, 0.717) is 6.54 Å². The van der Waals surface area contributed by atoms with Crippen molar-refractivity contribution in [2.45, 2.75) is 20.0 Å². The molecule has 0 aliphatic heterocycles. The second-order valence-corrected chi connectivity index (χ2v) is 4.86. The number of hydrogen-bond acceptors (Lipinski definition) is 4. The summed E-state index contributed by atoms with van der Waals surface area (Å²) in [6, 6.07) is 12.2. The van der Waals surface area contributed by atoms with Crippen molar-refractivity contribution >= 4 is 5.69 Å².